The van der Waals surface area contributed by atoms with Crippen LogP contribution in [0, 0.1) is 11.8 Å². The van der Waals surface area contributed by atoms with Crippen molar-refractivity contribution in [3.63, 3.8) is 0 Å². The van der Waals surface area contributed by atoms with Gasteiger partial charge < -0.3 is 30.9 Å². The molecule has 2 aromatic heterocycles. The topological polar surface area (TPSA) is 180 Å². The molecule has 0 unspecified atom stereocenters. The third-order valence-corrected chi connectivity index (χ3v) is 9.37. The van der Waals surface area contributed by atoms with E-state index in [1.807, 2.05) is 24.3 Å². The molecule has 2 fully saturated rings. The molecule has 1 aliphatic carbocycles. The van der Waals surface area contributed by atoms with Crippen molar-refractivity contribution in [1.29, 1.82) is 0 Å². The van der Waals surface area contributed by atoms with Gasteiger partial charge in [-0.25, -0.2) is 4.98 Å². The van der Waals surface area contributed by atoms with Gasteiger partial charge in [-0.2, -0.15) is 10.2 Å². The number of amides is 2. The van der Waals surface area contributed by atoms with Crippen molar-refractivity contribution < 1.29 is 14.3 Å². The lowest BCUT2D eigenvalue weighted by atomic mass is 9.81. The number of tetrazole rings is 1. The second kappa shape index (κ2) is 15.3. The second-order valence-corrected chi connectivity index (χ2v) is 12.6. The molecular weight excluding hydrogens is 610 g/mol. The molecule has 2 amide bonds. The number of rotatable bonds is 11. The molecule has 14 nitrogen and oxygen atoms in total. The minimum Gasteiger partial charge on any atom is -0.480 e. The van der Waals surface area contributed by atoms with Crippen molar-refractivity contribution in [2.45, 2.75) is 38.1 Å². The molecule has 2 aromatic carbocycles. The highest BCUT2D eigenvalue weighted by atomic mass is 16.5. The molecule has 252 valence electrons. The van der Waals surface area contributed by atoms with E-state index < -0.39 is 6.04 Å². The van der Waals surface area contributed by atoms with Crippen LogP contribution in [0.2, 0.25) is 0 Å². The lowest BCUT2D eigenvalue weighted by molar-refractivity contribution is -0.130. The van der Waals surface area contributed by atoms with E-state index in [1.54, 1.807) is 37.6 Å². The molecule has 1 aliphatic heterocycles. The minimum absolute atomic E-state index is 0.1000. The van der Waals surface area contributed by atoms with Crippen LogP contribution in [0.1, 0.15) is 31.2 Å². The maximum atomic E-state index is 13.7. The number of likely N-dealkylation sites (N-methyl/N-ethyl adjacent to an activating group) is 1. The van der Waals surface area contributed by atoms with Gasteiger partial charge in [0.2, 0.25) is 29.5 Å². The summed E-state index contributed by atoms with van der Waals surface area (Å²) in [5.41, 5.74) is 9.79. The molecule has 3 heterocycles. The average Bonchev–Trinajstić information content (AvgIpc) is 3.67. The SMILES string of the molecule is COc1nc(N2CCN(C)CC2)ncc1-c1ccc(C[C@H](NC(=O)C2CCC(CN)CC2)C(=O)Nc2ccc(-c3nn[nH]n3)cc2)cc1. The van der Waals surface area contributed by atoms with E-state index >= 15 is 0 Å². The van der Waals surface area contributed by atoms with Gasteiger partial charge in [-0.1, -0.05) is 24.3 Å². The lowest BCUT2D eigenvalue weighted by Gasteiger charge is -2.32. The van der Waals surface area contributed by atoms with Crippen LogP contribution in [0.15, 0.2) is 54.7 Å². The van der Waals surface area contributed by atoms with Gasteiger partial charge in [0.25, 0.3) is 0 Å². The van der Waals surface area contributed by atoms with Crippen LogP contribution < -0.4 is 26.0 Å². The van der Waals surface area contributed by atoms with Crippen LogP contribution >= 0.6 is 0 Å². The number of piperazine rings is 1. The molecule has 1 saturated carbocycles. The Labute approximate surface area is 279 Å². The largest absolute Gasteiger partial charge is 0.480 e. The Morgan fingerprint density at radius 2 is 1.71 bits per heavy atom. The lowest BCUT2D eigenvalue weighted by Crippen LogP contribution is -2.48. The first-order valence-electron chi connectivity index (χ1n) is 16.5. The Hall–Kier alpha value is -4.95. The number of hydrogen-bond acceptors (Lipinski definition) is 11. The predicted molar refractivity (Wildman–Crippen MR) is 182 cm³/mol. The Kier molecular flexibility index (Phi) is 10.5. The van der Waals surface area contributed by atoms with Gasteiger partial charge in [0.15, 0.2) is 0 Å². The summed E-state index contributed by atoms with van der Waals surface area (Å²) in [5.74, 6) is 1.54. The van der Waals surface area contributed by atoms with Crippen molar-refractivity contribution in [1.82, 2.24) is 40.8 Å². The van der Waals surface area contributed by atoms with Gasteiger partial charge in [0.05, 0.1) is 12.7 Å². The number of nitrogens with two attached hydrogens (primary N) is 1. The van der Waals surface area contributed by atoms with Gasteiger partial charge in [0.1, 0.15) is 6.04 Å². The van der Waals surface area contributed by atoms with Crippen molar-refractivity contribution in [3.8, 4) is 28.4 Å². The fourth-order valence-electron chi connectivity index (χ4n) is 6.30. The monoisotopic (exact) mass is 653 g/mol. The maximum Gasteiger partial charge on any atom is 0.247 e. The van der Waals surface area contributed by atoms with Crippen LogP contribution in [-0.2, 0) is 16.0 Å². The van der Waals surface area contributed by atoms with E-state index in [1.165, 1.54) is 0 Å². The van der Waals surface area contributed by atoms with E-state index in [0.717, 1.165) is 74.1 Å². The molecule has 1 saturated heterocycles. The average molecular weight is 654 g/mol. The maximum absolute atomic E-state index is 13.7. The molecular formula is C34H43N11O3. The number of carbonyl (C=O) groups is 2. The Morgan fingerprint density at radius 3 is 2.35 bits per heavy atom. The summed E-state index contributed by atoms with van der Waals surface area (Å²) in [4.78, 5) is 40.9. The first-order valence-corrected chi connectivity index (χ1v) is 16.5. The Bertz CT molecular complexity index is 1650. The van der Waals surface area contributed by atoms with E-state index in [0.29, 0.717) is 42.2 Å². The number of nitrogens with one attached hydrogen (secondary N) is 3. The number of anilines is 2. The van der Waals surface area contributed by atoms with E-state index in [2.05, 4.69) is 53.1 Å². The zero-order chi connectivity index (χ0) is 33.5. The van der Waals surface area contributed by atoms with Gasteiger partial charge in [0, 0.05) is 56.0 Å². The molecule has 48 heavy (non-hydrogen) atoms. The number of methoxy groups -OCH3 is 1. The standard InChI is InChI=1S/C34H43N11O3/c1-44-15-17-45(18-16-44)34-36-21-28(33(39-34)48-2)24-7-3-22(4-8-24)19-29(38-31(46)26-9-5-23(20-35)6-10-26)32(47)37-27-13-11-25(12-14-27)30-40-42-43-41-30/h3-4,7-8,11-14,21,23,26,29H,5-6,9-10,15-20,35H2,1-2H3,(H,37,47)(H,38,46)(H,40,41,42,43)/t23?,26?,29-/m0/s1. The number of H-pyrrole nitrogens is 1. The van der Waals surface area contributed by atoms with Crippen molar-refractivity contribution in [2.24, 2.45) is 17.6 Å². The zero-order valence-corrected chi connectivity index (χ0v) is 27.4. The number of hydrogen-bond donors (Lipinski definition) is 4. The smallest absolute Gasteiger partial charge is 0.247 e. The van der Waals surface area contributed by atoms with Crippen LogP contribution in [0.4, 0.5) is 11.6 Å². The number of aromatic nitrogens is 6. The summed E-state index contributed by atoms with van der Waals surface area (Å²) in [6, 6.07) is 14.2. The number of benzene rings is 2. The van der Waals surface area contributed by atoms with E-state index in [-0.39, 0.29) is 17.7 Å². The molecule has 4 aromatic rings. The fourth-order valence-corrected chi connectivity index (χ4v) is 6.30. The molecule has 0 radical (unpaired) electrons. The van der Waals surface area contributed by atoms with Gasteiger partial charge in [-0.3, -0.25) is 9.59 Å². The van der Waals surface area contributed by atoms with E-state index in [4.69, 9.17) is 15.5 Å². The van der Waals surface area contributed by atoms with Gasteiger partial charge in [-0.15, -0.1) is 10.2 Å². The van der Waals surface area contributed by atoms with Crippen LogP contribution in [0.25, 0.3) is 22.5 Å². The summed E-state index contributed by atoms with van der Waals surface area (Å²) in [5, 5.41) is 20.1. The number of aromatic amines is 1. The van der Waals surface area contributed by atoms with Crippen molar-refractivity contribution >= 4 is 23.5 Å². The Morgan fingerprint density at radius 1 is 1.00 bits per heavy atom. The number of ether oxygens (including phenoxy) is 1. The summed E-state index contributed by atoms with van der Waals surface area (Å²) in [7, 11) is 3.72. The predicted octanol–water partition coefficient (Wildman–Crippen LogP) is 2.52. The molecule has 6 rings (SSSR count). The van der Waals surface area contributed by atoms with Crippen LogP contribution in [0.3, 0.4) is 0 Å². The third kappa shape index (κ3) is 7.94. The summed E-state index contributed by atoms with van der Waals surface area (Å²) >= 11 is 0. The minimum atomic E-state index is -0.784. The van der Waals surface area contributed by atoms with Crippen LogP contribution in [0.5, 0.6) is 5.88 Å². The highest BCUT2D eigenvalue weighted by molar-refractivity contribution is 5.97. The van der Waals surface area contributed by atoms with Gasteiger partial charge in [-0.05, 0) is 85.8 Å². The van der Waals surface area contributed by atoms with E-state index in [9.17, 15) is 9.59 Å². The van der Waals surface area contributed by atoms with Gasteiger partial charge >= 0.3 is 0 Å². The Balaban J connectivity index is 1.16. The summed E-state index contributed by atoms with van der Waals surface area (Å²) < 4.78 is 5.67. The number of nitrogens with zero attached hydrogens (tertiary/aromatic N) is 7. The fraction of sp³-hybridized carbons (Fsp3) is 0.441. The summed E-state index contributed by atoms with van der Waals surface area (Å²) in [6.45, 7) is 4.27. The molecule has 2 aliphatic rings. The normalized spacial score (nSPS) is 19.0. The highest BCUT2D eigenvalue weighted by Gasteiger charge is 2.29. The second-order valence-electron chi connectivity index (χ2n) is 12.6. The van der Waals surface area contributed by atoms with Crippen LogP contribution in [-0.4, -0.2) is 100 Å². The first-order chi connectivity index (χ1) is 23.4. The molecule has 14 heteroatoms. The van der Waals surface area contributed by atoms with Crippen molar-refractivity contribution in [2.75, 3.05) is 57.1 Å². The van der Waals surface area contributed by atoms with Crippen molar-refractivity contribution in [3.05, 3.63) is 60.3 Å². The quantitative estimate of drug-likeness (QED) is 0.187. The number of carbonyl (C=O) groups excluding carboxylic acids is 2. The first kappa shape index (κ1) is 33.0. The molecule has 0 spiro atoms. The zero-order valence-electron chi connectivity index (χ0n) is 27.4. The molecule has 0 bridgehead atoms. The highest BCUT2D eigenvalue weighted by Crippen LogP contribution is 2.31. The molecule has 5 N–H and O–H groups in total. The third-order valence-electron chi connectivity index (χ3n) is 9.37. The molecule has 1 atom stereocenters. The summed E-state index contributed by atoms with van der Waals surface area (Å²) in [6.07, 6.45) is 5.49.